The Morgan fingerprint density at radius 1 is 1.00 bits per heavy atom. The van der Waals surface area contributed by atoms with Gasteiger partial charge in [-0.3, -0.25) is 9.10 Å². The van der Waals surface area contributed by atoms with Crippen molar-refractivity contribution in [3.63, 3.8) is 0 Å². The third kappa shape index (κ3) is 4.27. The zero-order chi connectivity index (χ0) is 22.0. The zero-order valence-electron chi connectivity index (χ0n) is 17.4. The number of anilines is 1. The van der Waals surface area contributed by atoms with Crippen LogP contribution in [0.25, 0.3) is 0 Å². The first-order valence-corrected chi connectivity index (χ1v) is 11.4. The lowest BCUT2D eigenvalue weighted by atomic mass is 10.2. The topological polar surface area (TPSA) is 66.9 Å². The molecule has 7 heteroatoms. The second-order valence-corrected chi connectivity index (χ2v) is 9.47. The van der Waals surface area contributed by atoms with Gasteiger partial charge in [-0.15, -0.1) is 0 Å². The van der Waals surface area contributed by atoms with Gasteiger partial charge in [-0.25, -0.2) is 8.42 Å². The molecular formula is C24H24N2O4S. The molecule has 3 aromatic rings. The number of ether oxygens (including phenoxy) is 1. The molecule has 0 saturated carbocycles. The maximum atomic E-state index is 13.4. The highest BCUT2D eigenvalue weighted by molar-refractivity contribution is 7.92. The number of amides is 1. The van der Waals surface area contributed by atoms with Crippen LogP contribution in [-0.4, -0.2) is 38.9 Å². The molecule has 0 aromatic heterocycles. The smallest absolute Gasteiger partial charge is 0.265 e. The first-order valence-electron chi connectivity index (χ1n) is 10.0. The van der Waals surface area contributed by atoms with Crippen LogP contribution in [0.1, 0.15) is 11.1 Å². The zero-order valence-corrected chi connectivity index (χ0v) is 18.2. The number of likely N-dealkylation sites (N-methyl/N-ethyl adjacent to an activating group) is 1. The summed E-state index contributed by atoms with van der Waals surface area (Å²) in [5.41, 5.74) is 2.38. The van der Waals surface area contributed by atoms with Crippen LogP contribution < -0.4 is 9.04 Å². The van der Waals surface area contributed by atoms with E-state index >= 15 is 0 Å². The lowest BCUT2D eigenvalue weighted by molar-refractivity contribution is -0.137. The predicted octanol–water partition coefficient (Wildman–Crippen LogP) is 3.61. The summed E-state index contributed by atoms with van der Waals surface area (Å²) >= 11 is 0. The first kappa shape index (κ1) is 20.9. The van der Waals surface area contributed by atoms with Crippen molar-refractivity contribution in [1.29, 1.82) is 0 Å². The molecular weight excluding hydrogens is 412 g/mol. The Morgan fingerprint density at radius 3 is 2.35 bits per heavy atom. The van der Waals surface area contributed by atoms with Crippen LogP contribution in [0.4, 0.5) is 5.69 Å². The van der Waals surface area contributed by atoms with Gasteiger partial charge in [-0.05, 0) is 36.8 Å². The molecule has 1 atom stereocenters. The number of carbonyl (C=O) groups is 1. The first-order chi connectivity index (χ1) is 14.9. The van der Waals surface area contributed by atoms with Crippen LogP contribution >= 0.6 is 0 Å². The van der Waals surface area contributed by atoms with E-state index in [1.165, 1.54) is 4.31 Å². The second-order valence-electron chi connectivity index (χ2n) is 7.60. The van der Waals surface area contributed by atoms with E-state index in [1.807, 2.05) is 37.3 Å². The summed E-state index contributed by atoms with van der Waals surface area (Å²) in [7, 11) is -2.17. The molecule has 1 heterocycles. The molecule has 4 rings (SSSR count). The van der Waals surface area contributed by atoms with Gasteiger partial charge in [-0.1, -0.05) is 60.2 Å². The molecule has 31 heavy (non-hydrogen) atoms. The molecule has 0 saturated heterocycles. The maximum Gasteiger partial charge on any atom is 0.265 e. The van der Waals surface area contributed by atoms with E-state index in [1.54, 1.807) is 60.5 Å². The number of fused-ring (bicyclic) bond motifs is 1. The van der Waals surface area contributed by atoms with Gasteiger partial charge in [0.15, 0.2) is 6.10 Å². The lowest BCUT2D eigenvalue weighted by Crippen LogP contribution is -2.50. The average Bonchev–Trinajstić information content (AvgIpc) is 2.78. The second kappa shape index (κ2) is 8.43. The molecule has 160 valence electrons. The molecule has 1 aliphatic heterocycles. The summed E-state index contributed by atoms with van der Waals surface area (Å²) in [6.07, 6.45) is -0.941. The van der Waals surface area contributed by atoms with Crippen molar-refractivity contribution >= 4 is 21.6 Å². The molecule has 0 fully saturated rings. The van der Waals surface area contributed by atoms with Crippen LogP contribution in [0, 0.1) is 6.92 Å². The summed E-state index contributed by atoms with van der Waals surface area (Å²) in [5, 5.41) is 0. The minimum absolute atomic E-state index is 0.0921. The lowest BCUT2D eigenvalue weighted by Gasteiger charge is -2.36. The van der Waals surface area contributed by atoms with Crippen molar-refractivity contribution in [3.05, 3.63) is 90.0 Å². The molecule has 0 aliphatic carbocycles. The molecule has 0 spiro atoms. The highest BCUT2D eigenvalue weighted by Crippen LogP contribution is 2.37. The van der Waals surface area contributed by atoms with E-state index in [0.717, 1.165) is 11.1 Å². The average molecular weight is 437 g/mol. The van der Waals surface area contributed by atoms with Gasteiger partial charge in [0, 0.05) is 13.6 Å². The van der Waals surface area contributed by atoms with E-state index in [4.69, 9.17) is 4.74 Å². The largest absolute Gasteiger partial charge is 0.476 e. The molecule has 0 radical (unpaired) electrons. The number of para-hydroxylation sites is 2. The van der Waals surface area contributed by atoms with E-state index < -0.39 is 16.1 Å². The van der Waals surface area contributed by atoms with Crippen LogP contribution in [0.5, 0.6) is 5.75 Å². The Bertz CT molecular complexity index is 1180. The number of hydrogen-bond acceptors (Lipinski definition) is 4. The van der Waals surface area contributed by atoms with Gasteiger partial charge in [0.1, 0.15) is 5.75 Å². The van der Waals surface area contributed by atoms with Crippen LogP contribution in [0.3, 0.4) is 0 Å². The minimum atomic E-state index is -3.86. The van der Waals surface area contributed by atoms with Crippen molar-refractivity contribution in [2.45, 2.75) is 24.5 Å². The fourth-order valence-electron chi connectivity index (χ4n) is 3.58. The van der Waals surface area contributed by atoms with Gasteiger partial charge >= 0.3 is 0 Å². The molecule has 1 aliphatic rings. The van der Waals surface area contributed by atoms with Crippen molar-refractivity contribution in [3.8, 4) is 5.75 Å². The minimum Gasteiger partial charge on any atom is -0.476 e. The molecule has 0 unspecified atom stereocenters. The van der Waals surface area contributed by atoms with Gasteiger partial charge < -0.3 is 9.64 Å². The highest BCUT2D eigenvalue weighted by atomic mass is 32.2. The van der Waals surface area contributed by atoms with E-state index in [2.05, 4.69) is 0 Å². The number of benzene rings is 3. The van der Waals surface area contributed by atoms with E-state index in [9.17, 15) is 13.2 Å². The molecule has 0 bridgehead atoms. The SMILES string of the molecule is Cc1ccc(S(=O)(=O)N2C[C@H](C(=O)N(C)Cc3ccccc3)Oc3ccccc32)cc1. The Morgan fingerprint density at radius 2 is 1.65 bits per heavy atom. The Labute approximate surface area is 182 Å². The normalized spacial score (nSPS) is 15.7. The third-order valence-electron chi connectivity index (χ3n) is 5.26. The van der Waals surface area contributed by atoms with Crippen molar-refractivity contribution in [2.24, 2.45) is 0 Å². The third-order valence-corrected chi connectivity index (χ3v) is 7.05. The number of rotatable bonds is 5. The van der Waals surface area contributed by atoms with Crippen LogP contribution in [0.15, 0.2) is 83.8 Å². The quantitative estimate of drug-likeness (QED) is 0.613. The number of carbonyl (C=O) groups excluding carboxylic acids is 1. The standard InChI is InChI=1S/C24H24N2O4S/c1-18-12-14-20(15-13-18)31(28,29)26-17-23(30-22-11-7-6-10-21(22)26)24(27)25(2)16-19-8-4-3-5-9-19/h3-15,23H,16-17H2,1-2H3/t23-/m1/s1. The number of sulfonamides is 1. The number of hydrogen-bond donors (Lipinski definition) is 0. The predicted molar refractivity (Wildman–Crippen MR) is 119 cm³/mol. The van der Waals surface area contributed by atoms with Crippen molar-refractivity contribution < 1.29 is 17.9 Å². The number of aryl methyl sites for hydroxylation is 1. The monoisotopic (exact) mass is 436 g/mol. The summed E-state index contributed by atoms with van der Waals surface area (Å²) < 4.78 is 34.1. The highest BCUT2D eigenvalue weighted by Gasteiger charge is 2.38. The summed E-state index contributed by atoms with van der Waals surface area (Å²) in [4.78, 5) is 14.9. The molecule has 6 nitrogen and oxygen atoms in total. The van der Waals surface area contributed by atoms with Gasteiger partial charge in [-0.2, -0.15) is 0 Å². The summed E-state index contributed by atoms with van der Waals surface area (Å²) in [6, 6.07) is 23.2. The van der Waals surface area contributed by atoms with E-state index in [-0.39, 0.29) is 17.3 Å². The summed E-state index contributed by atoms with van der Waals surface area (Å²) in [5.74, 6) is 0.0957. The van der Waals surface area contributed by atoms with Crippen molar-refractivity contribution in [2.75, 3.05) is 17.9 Å². The summed E-state index contributed by atoms with van der Waals surface area (Å²) in [6.45, 7) is 2.22. The molecule has 1 amide bonds. The maximum absolute atomic E-state index is 13.4. The van der Waals surface area contributed by atoms with Crippen LogP contribution in [0.2, 0.25) is 0 Å². The molecule has 0 N–H and O–H groups in total. The van der Waals surface area contributed by atoms with Crippen LogP contribution in [-0.2, 0) is 21.4 Å². The van der Waals surface area contributed by atoms with Gasteiger partial charge in [0.2, 0.25) is 0 Å². The number of nitrogens with zero attached hydrogens (tertiary/aromatic N) is 2. The fourth-order valence-corrected chi connectivity index (χ4v) is 5.05. The fraction of sp³-hybridized carbons (Fsp3) is 0.208. The van der Waals surface area contributed by atoms with E-state index in [0.29, 0.717) is 18.0 Å². The Balaban J connectivity index is 1.64. The van der Waals surface area contributed by atoms with Gasteiger partial charge in [0.25, 0.3) is 15.9 Å². The van der Waals surface area contributed by atoms with Gasteiger partial charge in [0.05, 0.1) is 17.1 Å². The Kier molecular flexibility index (Phi) is 5.69. The Hall–Kier alpha value is -3.32. The molecule has 3 aromatic carbocycles. The van der Waals surface area contributed by atoms with Crippen molar-refractivity contribution in [1.82, 2.24) is 4.90 Å².